The second-order valence-electron chi connectivity index (χ2n) is 6.85. The highest BCUT2D eigenvalue weighted by molar-refractivity contribution is 6.62. The summed E-state index contributed by atoms with van der Waals surface area (Å²) in [6.45, 7) is 8.74. The molecule has 0 aromatic heterocycles. The van der Waals surface area contributed by atoms with Crippen LogP contribution >= 0.6 is 0 Å². The van der Waals surface area contributed by atoms with Gasteiger partial charge in [-0.25, -0.2) is 0 Å². The Bertz CT molecular complexity index is 594. The maximum absolute atomic E-state index is 12.1. The summed E-state index contributed by atoms with van der Waals surface area (Å²) < 4.78 is 17.6. The summed E-state index contributed by atoms with van der Waals surface area (Å²) in [6.07, 6.45) is 0.783. The zero-order chi connectivity index (χ0) is 16.1. The Kier molecular flexibility index (Phi) is 3.49. The Balaban J connectivity index is 2.02. The van der Waals surface area contributed by atoms with E-state index in [1.54, 1.807) is 7.11 Å². The average molecular weight is 303 g/mol. The molecule has 1 aromatic carbocycles. The summed E-state index contributed by atoms with van der Waals surface area (Å²) >= 11 is 0. The zero-order valence-corrected chi connectivity index (χ0v) is 13.8. The van der Waals surface area contributed by atoms with Crippen molar-refractivity contribution < 1.29 is 18.8 Å². The molecule has 1 fully saturated rings. The SMILES string of the molecule is COc1cc(B2OC(C)(C)C(C)(C)O2)cc2c1C(=O)NCC2. The Morgan fingerprint density at radius 2 is 1.82 bits per heavy atom. The molecule has 5 nitrogen and oxygen atoms in total. The summed E-state index contributed by atoms with van der Waals surface area (Å²) in [5, 5.41) is 2.85. The first-order valence-corrected chi connectivity index (χ1v) is 7.60. The lowest BCUT2D eigenvalue weighted by molar-refractivity contribution is 0.00578. The van der Waals surface area contributed by atoms with E-state index in [1.165, 1.54) is 0 Å². The molecule has 1 saturated heterocycles. The van der Waals surface area contributed by atoms with E-state index in [9.17, 15) is 4.79 Å². The fraction of sp³-hybridized carbons (Fsp3) is 0.562. The van der Waals surface area contributed by atoms with Crippen LogP contribution < -0.4 is 15.5 Å². The fourth-order valence-electron chi connectivity index (χ4n) is 2.83. The second kappa shape index (κ2) is 5.00. The Hall–Kier alpha value is -1.53. The minimum Gasteiger partial charge on any atom is -0.496 e. The topological polar surface area (TPSA) is 56.8 Å². The Morgan fingerprint density at radius 3 is 2.41 bits per heavy atom. The van der Waals surface area contributed by atoms with Gasteiger partial charge in [-0.2, -0.15) is 0 Å². The smallest absolute Gasteiger partial charge is 0.494 e. The van der Waals surface area contributed by atoms with E-state index in [0.717, 1.165) is 17.4 Å². The number of ether oxygens (including phenoxy) is 1. The van der Waals surface area contributed by atoms with E-state index in [1.807, 2.05) is 39.8 Å². The molecule has 0 saturated carbocycles. The molecular formula is C16H22BNO4. The molecule has 2 heterocycles. The van der Waals surface area contributed by atoms with Crippen LogP contribution in [0.1, 0.15) is 43.6 Å². The van der Waals surface area contributed by atoms with Crippen LogP contribution in [-0.4, -0.2) is 37.9 Å². The molecule has 3 rings (SSSR count). The van der Waals surface area contributed by atoms with Gasteiger partial charge < -0.3 is 19.4 Å². The van der Waals surface area contributed by atoms with Gasteiger partial charge >= 0.3 is 7.12 Å². The van der Waals surface area contributed by atoms with Gasteiger partial charge in [-0.3, -0.25) is 4.79 Å². The predicted octanol–water partition coefficient (Wildman–Crippen LogP) is 1.28. The van der Waals surface area contributed by atoms with Gasteiger partial charge in [0, 0.05) is 6.54 Å². The molecule has 0 aliphatic carbocycles. The summed E-state index contributed by atoms with van der Waals surface area (Å²) in [7, 11) is 1.13. The van der Waals surface area contributed by atoms with Gasteiger partial charge in [0.2, 0.25) is 0 Å². The summed E-state index contributed by atoms with van der Waals surface area (Å²) in [6, 6.07) is 3.84. The number of benzene rings is 1. The highest BCUT2D eigenvalue weighted by atomic mass is 16.7. The van der Waals surface area contributed by atoms with Crippen molar-refractivity contribution in [3.8, 4) is 5.75 Å². The number of methoxy groups -OCH3 is 1. The number of fused-ring (bicyclic) bond motifs is 1. The zero-order valence-electron chi connectivity index (χ0n) is 13.8. The van der Waals surface area contributed by atoms with Gasteiger partial charge in [-0.05, 0) is 51.2 Å². The lowest BCUT2D eigenvalue weighted by Crippen LogP contribution is -2.41. The van der Waals surface area contributed by atoms with Crippen molar-refractivity contribution in [1.82, 2.24) is 5.32 Å². The Morgan fingerprint density at radius 1 is 1.18 bits per heavy atom. The first kappa shape index (κ1) is 15.4. The highest BCUT2D eigenvalue weighted by Gasteiger charge is 2.52. The molecule has 1 N–H and O–H groups in total. The lowest BCUT2D eigenvalue weighted by atomic mass is 9.76. The van der Waals surface area contributed by atoms with Gasteiger partial charge in [0.25, 0.3) is 5.91 Å². The average Bonchev–Trinajstić information content (AvgIpc) is 2.66. The minimum absolute atomic E-state index is 0.0847. The predicted molar refractivity (Wildman–Crippen MR) is 84.7 cm³/mol. The number of nitrogens with one attached hydrogen (secondary N) is 1. The van der Waals surface area contributed by atoms with Gasteiger partial charge in [0.05, 0.1) is 23.9 Å². The third-order valence-corrected chi connectivity index (χ3v) is 4.86. The largest absolute Gasteiger partial charge is 0.496 e. The molecule has 118 valence electrons. The van der Waals surface area contributed by atoms with Crippen LogP contribution in [0.2, 0.25) is 0 Å². The molecule has 22 heavy (non-hydrogen) atoms. The molecule has 0 atom stereocenters. The quantitative estimate of drug-likeness (QED) is 0.836. The van der Waals surface area contributed by atoms with Crippen LogP contribution in [0.15, 0.2) is 12.1 Å². The number of carbonyl (C=O) groups excluding carboxylic acids is 1. The molecule has 2 aliphatic rings. The molecule has 0 spiro atoms. The van der Waals surface area contributed by atoms with Crippen molar-refractivity contribution in [1.29, 1.82) is 0 Å². The summed E-state index contributed by atoms with van der Waals surface area (Å²) in [4.78, 5) is 12.1. The van der Waals surface area contributed by atoms with Gasteiger partial charge in [-0.15, -0.1) is 0 Å². The highest BCUT2D eigenvalue weighted by Crippen LogP contribution is 2.37. The van der Waals surface area contributed by atoms with Crippen molar-refractivity contribution in [3.63, 3.8) is 0 Å². The molecule has 0 bridgehead atoms. The first-order valence-electron chi connectivity index (χ1n) is 7.60. The standard InChI is InChI=1S/C16H22BNO4/c1-15(2)16(3,4)22-17(21-15)11-8-10-6-7-18-14(19)13(10)12(9-11)20-5/h8-9H,6-7H2,1-5H3,(H,18,19). The van der Waals surface area contributed by atoms with Crippen molar-refractivity contribution in [3.05, 3.63) is 23.3 Å². The minimum atomic E-state index is -0.450. The van der Waals surface area contributed by atoms with Crippen LogP contribution in [0, 0.1) is 0 Å². The van der Waals surface area contributed by atoms with E-state index in [-0.39, 0.29) is 5.91 Å². The number of carbonyl (C=O) groups is 1. The molecule has 1 aromatic rings. The number of amides is 1. The van der Waals surface area contributed by atoms with Gasteiger partial charge in [-0.1, -0.05) is 6.07 Å². The fourth-order valence-corrected chi connectivity index (χ4v) is 2.83. The van der Waals surface area contributed by atoms with Gasteiger partial charge in [0.15, 0.2) is 0 Å². The second-order valence-corrected chi connectivity index (χ2v) is 6.85. The molecule has 0 radical (unpaired) electrons. The van der Waals surface area contributed by atoms with Crippen LogP contribution in [0.5, 0.6) is 5.75 Å². The molecule has 0 unspecified atom stereocenters. The van der Waals surface area contributed by atoms with E-state index >= 15 is 0 Å². The van der Waals surface area contributed by atoms with Crippen molar-refractivity contribution in [2.45, 2.75) is 45.3 Å². The normalized spacial score (nSPS) is 22.2. The maximum atomic E-state index is 12.1. The van der Waals surface area contributed by atoms with Crippen LogP contribution in [0.3, 0.4) is 0 Å². The summed E-state index contributed by atoms with van der Waals surface area (Å²) in [5.41, 5.74) is 1.71. The third-order valence-electron chi connectivity index (χ3n) is 4.86. The monoisotopic (exact) mass is 303 g/mol. The first-order chi connectivity index (χ1) is 10.2. The van der Waals surface area contributed by atoms with E-state index in [0.29, 0.717) is 17.9 Å². The van der Waals surface area contributed by atoms with Crippen LogP contribution in [0.25, 0.3) is 0 Å². The molecular weight excluding hydrogens is 281 g/mol. The lowest BCUT2D eigenvalue weighted by Gasteiger charge is -2.32. The van der Waals surface area contributed by atoms with Crippen molar-refractivity contribution in [2.24, 2.45) is 0 Å². The molecule has 2 aliphatic heterocycles. The number of hydrogen-bond donors (Lipinski definition) is 1. The van der Waals surface area contributed by atoms with Crippen LogP contribution in [-0.2, 0) is 15.7 Å². The van der Waals surface area contributed by atoms with Crippen molar-refractivity contribution >= 4 is 18.5 Å². The van der Waals surface area contributed by atoms with E-state index in [2.05, 4.69) is 5.32 Å². The number of hydrogen-bond acceptors (Lipinski definition) is 4. The molecule has 1 amide bonds. The third kappa shape index (κ3) is 2.30. The van der Waals surface area contributed by atoms with E-state index in [4.69, 9.17) is 14.0 Å². The number of rotatable bonds is 2. The summed E-state index contributed by atoms with van der Waals surface area (Å²) in [5.74, 6) is 0.484. The Labute approximate surface area is 131 Å². The van der Waals surface area contributed by atoms with Crippen LogP contribution in [0.4, 0.5) is 0 Å². The van der Waals surface area contributed by atoms with E-state index < -0.39 is 18.3 Å². The van der Waals surface area contributed by atoms with Crippen molar-refractivity contribution in [2.75, 3.05) is 13.7 Å². The maximum Gasteiger partial charge on any atom is 0.494 e. The van der Waals surface area contributed by atoms with Gasteiger partial charge in [0.1, 0.15) is 5.75 Å². The molecule has 6 heteroatoms.